The van der Waals surface area contributed by atoms with Gasteiger partial charge in [-0.25, -0.2) is 0 Å². The van der Waals surface area contributed by atoms with Crippen LogP contribution in [0.3, 0.4) is 0 Å². The van der Waals surface area contributed by atoms with Crippen molar-refractivity contribution in [2.75, 3.05) is 0 Å². The van der Waals surface area contributed by atoms with Crippen molar-refractivity contribution in [3.05, 3.63) is 41.1 Å². The van der Waals surface area contributed by atoms with E-state index >= 15 is 0 Å². The van der Waals surface area contributed by atoms with Crippen molar-refractivity contribution in [2.24, 2.45) is 0 Å². The van der Waals surface area contributed by atoms with Crippen molar-refractivity contribution < 1.29 is 5.11 Å². The molecule has 2 heteroatoms. The van der Waals surface area contributed by atoms with Crippen molar-refractivity contribution in [3.8, 4) is 0 Å². The monoisotopic (exact) mass is 229 g/mol. The molecule has 2 aromatic rings. The molecule has 0 amide bonds. The minimum atomic E-state index is -0.452. The zero-order valence-electron chi connectivity index (χ0n) is 10.7. The number of pyridine rings is 1. The first-order valence-electron chi connectivity index (χ1n) is 6.26. The van der Waals surface area contributed by atoms with Gasteiger partial charge in [-0.1, -0.05) is 32.0 Å². The molecule has 1 aromatic heterocycles. The summed E-state index contributed by atoms with van der Waals surface area (Å²) in [5.74, 6) is 0. The van der Waals surface area contributed by atoms with Gasteiger partial charge in [-0.15, -0.1) is 0 Å². The second-order valence-corrected chi connectivity index (χ2v) is 4.40. The second kappa shape index (κ2) is 4.84. The number of fused-ring (bicyclic) bond motifs is 1. The minimum Gasteiger partial charge on any atom is -0.389 e. The lowest BCUT2D eigenvalue weighted by Crippen LogP contribution is -2.02. The van der Waals surface area contributed by atoms with Crippen LogP contribution in [0.1, 0.15) is 43.7 Å². The minimum absolute atomic E-state index is 0.452. The number of benzene rings is 1. The molecule has 0 radical (unpaired) electrons. The number of aliphatic hydroxyl groups excluding tert-OH is 1. The van der Waals surface area contributed by atoms with Crippen LogP contribution in [0.4, 0.5) is 0 Å². The van der Waals surface area contributed by atoms with Gasteiger partial charge in [-0.05, 0) is 31.4 Å². The molecule has 1 atom stereocenters. The van der Waals surface area contributed by atoms with Crippen LogP contribution in [-0.4, -0.2) is 10.1 Å². The number of rotatable bonds is 3. The number of aryl methyl sites for hydroxylation is 2. The van der Waals surface area contributed by atoms with Crippen molar-refractivity contribution in [3.63, 3.8) is 0 Å². The Labute approximate surface area is 102 Å². The Morgan fingerprint density at radius 1 is 1.24 bits per heavy atom. The molecule has 17 heavy (non-hydrogen) atoms. The van der Waals surface area contributed by atoms with E-state index in [2.05, 4.69) is 38.1 Å². The van der Waals surface area contributed by atoms with Crippen LogP contribution in [-0.2, 0) is 12.8 Å². The Bertz CT molecular complexity index is 532. The summed E-state index contributed by atoms with van der Waals surface area (Å²) >= 11 is 0. The largest absolute Gasteiger partial charge is 0.389 e. The second-order valence-electron chi connectivity index (χ2n) is 4.40. The molecule has 1 aromatic carbocycles. The lowest BCUT2D eigenvalue weighted by atomic mass is 10.0. The summed E-state index contributed by atoms with van der Waals surface area (Å²) in [4.78, 5) is 4.73. The van der Waals surface area contributed by atoms with Gasteiger partial charge in [-0.2, -0.15) is 0 Å². The van der Waals surface area contributed by atoms with Crippen LogP contribution in [0.25, 0.3) is 10.9 Å². The van der Waals surface area contributed by atoms with Crippen LogP contribution in [0, 0.1) is 0 Å². The number of aromatic nitrogens is 1. The maximum atomic E-state index is 9.78. The number of nitrogens with zero attached hydrogens (tertiary/aromatic N) is 1. The molecule has 90 valence electrons. The van der Waals surface area contributed by atoms with Gasteiger partial charge in [0, 0.05) is 16.6 Å². The molecule has 1 heterocycles. The average Bonchev–Trinajstić information content (AvgIpc) is 2.36. The first kappa shape index (κ1) is 12.1. The Kier molecular flexibility index (Phi) is 3.43. The van der Waals surface area contributed by atoms with Gasteiger partial charge < -0.3 is 5.11 Å². The number of para-hydroxylation sites is 1. The summed E-state index contributed by atoms with van der Waals surface area (Å²) in [5.41, 5.74) is 4.31. The van der Waals surface area contributed by atoms with Crippen molar-refractivity contribution in [1.29, 1.82) is 0 Å². The fourth-order valence-corrected chi connectivity index (χ4v) is 2.24. The van der Waals surface area contributed by atoms with E-state index in [-0.39, 0.29) is 0 Å². The summed E-state index contributed by atoms with van der Waals surface area (Å²) in [5, 5.41) is 10.9. The van der Waals surface area contributed by atoms with Gasteiger partial charge in [0.2, 0.25) is 0 Å². The van der Waals surface area contributed by atoms with Gasteiger partial charge >= 0.3 is 0 Å². The summed E-state index contributed by atoms with van der Waals surface area (Å²) in [6, 6.07) is 8.31. The highest BCUT2D eigenvalue weighted by atomic mass is 16.3. The Hall–Kier alpha value is -1.41. The van der Waals surface area contributed by atoms with Gasteiger partial charge in [0.15, 0.2) is 0 Å². The number of hydrogen-bond donors (Lipinski definition) is 1. The van der Waals surface area contributed by atoms with E-state index in [1.54, 1.807) is 6.92 Å². The quantitative estimate of drug-likeness (QED) is 0.875. The molecule has 1 N–H and O–H groups in total. The smallest absolute Gasteiger partial charge is 0.0779 e. The molecule has 0 saturated heterocycles. The molecule has 0 spiro atoms. The highest BCUT2D eigenvalue weighted by Gasteiger charge is 2.11. The standard InChI is InChI=1S/C15H19NO/c1-4-11-7-6-8-12-9-13(10(3)17)14(5-2)16-15(11)12/h6-10,17H,4-5H2,1-3H3. The molecule has 0 bridgehead atoms. The zero-order chi connectivity index (χ0) is 12.4. The molecular formula is C15H19NO. The predicted octanol–water partition coefficient (Wildman–Crippen LogP) is 3.41. The van der Waals surface area contributed by atoms with Crippen LogP contribution < -0.4 is 0 Å². The van der Waals surface area contributed by atoms with E-state index in [1.807, 2.05) is 0 Å². The third kappa shape index (κ3) is 2.18. The van der Waals surface area contributed by atoms with Crippen LogP contribution >= 0.6 is 0 Å². The molecule has 0 aliphatic heterocycles. The molecule has 2 nitrogen and oxygen atoms in total. The number of aliphatic hydroxyl groups is 1. The van der Waals surface area contributed by atoms with E-state index in [4.69, 9.17) is 4.98 Å². The molecule has 2 rings (SSSR count). The zero-order valence-corrected chi connectivity index (χ0v) is 10.7. The van der Waals surface area contributed by atoms with Crippen LogP contribution in [0.15, 0.2) is 24.3 Å². The molecule has 0 fully saturated rings. The fraction of sp³-hybridized carbons (Fsp3) is 0.400. The molecule has 0 saturated carbocycles. The summed E-state index contributed by atoms with van der Waals surface area (Å²) in [6.45, 7) is 6.02. The summed E-state index contributed by atoms with van der Waals surface area (Å²) in [7, 11) is 0. The SMILES string of the molecule is CCc1nc2c(CC)cccc2cc1C(C)O. The lowest BCUT2D eigenvalue weighted by molar-refractivity contribution is 0.198. The first-order valence-corrected chi connectivity index (χ1v) is 6.26. The Morgan fingerprint density at radius 2 is 2.00 bits per heavy atom. The van der Waals surface area contributed by atoms with Gasteiger partial charge in [0.1, 0.15) is 0 Å². The fourth-order valence-electron chi connectivity index (χ4n) is 2.24. The molecular weight excluding hydrogens is 210 g/mol. The van der Waals surface area contributed by atoms with E-state index in [1.165, 1.54) is 5.56 Å². The van der Waals surface area contributed by atoms with Crippen LogP contribution in [0.2, 0.25) is 0 Å². The molecule has 0 aliphatic carbocycles. The maximum Gasteiger partial charge on any atom is 0.0779 e. The van der Waals surface area contributed by atoms with E-state index in [9.17, 15) is 5.11 Å². The summed E-state index contributed by atoms with van der Waals surface area (Å²) in [6.07, 6.45) is 1.39. The third-order valence-corrected chi connectivity index (χ3v) is 3.21. The average molecular weight is 229 g/mol. The van der Waals surface area contributed by atoms with Crippen molar-refractivity contribution in [2.45, 2.75) is 39.7 Å². The normalized spacial score (nSPS) is 12.9. The highest BCUT2D eigenvalue weighted by molar-refractivity contribution is 5.82. The molecule has 0 aliphatic rings. The Morgan fingerprint density at radius 3 is 2.59 bits per heavy atom. The lowest BCUT2D eigenvalue weighted by Gasteiger charge is -2.13. The van der Waals surface area contributed by atoms with Crippen LogP contribution in [0.5, 0.6) is 0 Å². The van der Waals surface area contributed by atoms with E-state index in [0.29, 0.717) is 0 Å². The number of hydrogen-bond acceptors (Lipinski definition) is 2. The topological polar surface area (TPSA) is 33.1 Å². The van der Waals surface area contributed by atoms with Crippen molar-refractivity contribution in [1.82, 2.24) is 4.98 Å². The predicted molar refractivity (Wildman–Crippen MR) is 71.1 cm³/mol. The van der Waals surface area contributed by atoms with E-state index < -0.39 is 6.10 Å². The highest BCUT2D eigenvalue weighted by Crippen LogP contribution is 2.24. The third-order valence-electron chi connectivity index (χ3n) is 3.21. The van der Waals surface area contributed by atoms with E-state index in [0.717, 1.165) is 35.0 Å². The summed E-state index contributed by atoms with van der Waals surface area (Å²) < 4.78 is 0. The molecule has 1 unspecified atom stereocenters. The van der Waals surface area contributed by atoms with Crippen molar-refractivity contribution >= 4 is 10.9 Å². The van der Waals surface area contributed by atoms with Gasteiger partial charge in [0.25, 0.3) is 0 Å². The maximum absolute atomic E-state index is 9.78. The Balaban J connectivity index is 2.73. The first-order chi connectivity index (χ1) is 8.17. The van der Waals surface area contributed by atoms with Gasteiger partial charge in [0.05, 0.1) is 11.6 Å². The van der Waals surface area contributed by atoms with Gasteiger partial charge in [-0.3, -0.25) is 4.98 Å².